The van der Waals surface area contributed by atoms with Gasteiger partial charge in [0.15, 0.2) is 11.7 Å². The molecule has 8 nitrogen and oxygen atoms in total. The van der Waals surface area contributed by atoms with Gasteiger partial charge in [-0.15, -0.1) is 11.3 Å². The van der Waals surface area contributed by atoms with Crippen LogP contribution in [0.1, 0.15) is 16.1 Å². The Balaban J connectivity index is 1.48. The molecule has 0 aliphatic carbocycles. The molecular formula is C20H19N3O5S. The number of primary amides is 1. The van der Waals surface area contributed by atoms with Crippen LogP contribution >= 0.6 is 11.3 Å². The molecule has 0 fully saturated rings. The minimum absolute atomic E-state index is 0.0143. The maximum Gasteiger partial charge on any atom is 0.344 e. The third-order valence-corrected chi connectivity index (χ3v) is 4.58. The fourth-order valence-corrected chi connectivity index (χ4v) is 3.07. The second-order valence-corrected chi connectivity index (χ2v) is 6.67. The number of ether oxygens (including phenoxy) is 3. The Morgan fingerprint density at radius 3 is 2.62 bits per heavy atom. The molecule has 3 N–H and O–H groups in total. The van der Waals surface area contributed by atoms with E-state index in [1.807, 2.05) is 24.3 Å². The van der Waals surface area contributed by atoms with Crippen molar-refractivity contribution < 1.29 is 23.8 Å². The number of nitrogens with one attached hydrogen (secondary N) is 1. The van der Waals surface area contributed by atoms with Crippen molar-refractivity contribution in [2.24, 2.45) is 5.73 Å². The molecule has 1 amide bonds. The molecule has 0 saturated heterocycles. The molecule has 0 spiro atoms. The van der Waals surface area contributed by atoms with Gasteiger partial charge in [-0.05, 0) is 36.4 Å². The highest BCUT2D eigenvalue weighted by atomic mass is 32.1. The summed E-state index contributed by atoms with van der Waals surface area (Å²) in [6, 6.07) is 13.9. The number of methoxy groups -OCH3 is 1. The third-order valence-electron chi connectivity index (χ3n) is 3.77. The van der Waals surface area contributed by atoms with Gasteiger partial charge in [-0.2, -0.15) is 0 Å². The summed E-state index contributed by atoms with van der Waals surface area (Å²) in [6.45, 7) is -0.328. The summed E-state index contributed by atoms with van der Waals surface area (Å²) in [6.07, 6.45) is 0. The van der Waals surface area contributed by atoms with Gasteiger partial charge in [-0.1, -0.05) is 12.1 Å². The molecule has 0 radical (unpaired) electrons. The second-order valence-electron chi connectivity index (χ2n) is 5.81. The van der Waals surface area contributed by atoms with Crippen molar-refractivity contribution in [3.05, 3.63) is 65.2 Å². The van der Waals surface area contributed by atoms with E-state index in [4.69, 9.17) is 19.9 Å². The number of amides is 1. The van der Waals surface area contributed by atoms with E-state index < -0.39 is 11.9 Å². The van der Waals surface area contributed by atoms with Crippen LogP contribution in [0.25, 0.3) is 0 Å². The van der Waals surface area contributed by atoms with E-state index in [1.54, 1.807) is 30.7 Å². The summed E-state index contributed by atoms with van der Waals surface area (Å²) in [4.78, 5) is 27.6. The minimum atomic E-state index is -0.631. The first-order valence-electron chi connectivity index (χ1n) is 8.58. The molecule has 150 valence electrons. The number of para-hydroxylation sites is 1. The monoisotopic (exact) mass is 413 g/mol. The van der Waals surface area contributed by atoms with Gasteiger partial charge >= 0.3 is 5.97 Å². The first kappa shape index (κ1) is 20.2. The normalized spacial score (nSPS) is 10.2. The van der Waals surface area contributed by atoms with Crippen molar-refractivity contribution in [3.63, 3.8) is 0 Å². The summed E-state index contributed by atoms with van der Waals surface area (Å²) in [5, 5.41) is 5.64. The zero-order valence-corrected chi connectivity index (χ0v) is 16.4. The van der Waals surface area contributed by atoms with Gasteiger partial charge in [-0.3, -0.25) is 4.79 Å². The summed E-state index contributed by atoms with van der Waals surface area (Å²) >= 11 is 1.39. The zero-order chi connectivity index (χ0) is 20.6. The Hall–Kier alpha value is -3.59. The van der Waals surface area contributed by atoms with Crippen LogP contribution in [-0.2, 0) is 16.1 Å². The highest BCUT2D eigenvalue weighted by Crippen LogP contribution is 2.23. The van der Waals surface area contributed by atoms with Gasteiger partial charge in [0.2, 0.25) is 0 Å². The lowest BCUT2D eigenvalue weighted by Gasteiger charge is -2.09. The number of thiazole rings is 1. The van der Waals surface area contributed by atoms with Crippen LogP contribution in [0.5, 0.6) is 11.5 Å². The Bertz CT molecular complexity index is 988. The molecule has 0 aliphatic heterocycles. The summed E-state index contributed by atoms with van der Waals surface area (Å²) in [5.41, 5.74) is 6.95. The maximum atomic E-state index is 11.9. The Kier molecular flexibility index (Phi) is 6.64. The van der Waals surface area contributed by atoms with Crippen LogP contribution in [0, 0.1) is 0 Å². The number of nitrogens with two attached hydrogens (primary N) is 1. The Morgan fingerprint density at radius 1 is 1.14 bits per heavy atom. The predicted octanol–water partition coefficient (Wildman–Crippen LogP) is 3.12. The highest BCUT2D eigenvalue weighted by molar-refractivity contribution is 7.13. The number of hydrogen-bond acceptors (Lipinski definition) is 8. The van der Waals surface area contributed by atoms with Crippen molar-refractivity contribution in [1.82, 2.24) is 4.98 Å². The topological polar surface area (TPSA) is 113 Å². The average molecular weight is 413 g/mol. The summed E-state index contributed by atoms with van der Waals surface area (Å²) in [5.74, 6) is -0.213. The molecule has 1 aromatic heterocycles. The molecule has 0 atom stereocenters. The van der Waals surface area contributed by atoms with Crippen molar-refractivity contribution >= 4 is 34.0 Å². The molecule has 2 aromatic carbocycles. The Morgan fingerprint density at radius 2 is 1.90 bits per heavy atom. The van der Waals surface area contributed by atoms with Gasteiger partial charge in [0, 0.05) is 11.1 Å². The van der Waals surface area contributed by atoms with Gasteiger partial charge in [-0.25, -0.2) is 9.78 Å². The lowest BCUT2D eigenvalue weighted by Crippen LogP contribution is -2.18. The number of esters is 1. The van der Waals surface area contributed by atoms with E-state index in [9.17, 15) is 9.59 Å². The number of aromatic nitrogens is 1. The van der Waals surface area contributed by atoms with E-state index in [0.29, 0.717) is 10.8 Å². The van der Waals surface area contributed by atoms with Gasteiger partial charge in [0.05, 0.1) is 18.4 Å². The molecule has 0 unspecified atom stereocenters. The molecule has 0 saturated carbocycles. The quantitative estimate of drug-likeness (QED) is 0.518. The summed E-state index contributed by atoms with van der Waals surface area (Å²) in [7, 11) is 1.61. The van der Waals surface area contributed by atoms with E-state index in [0.717, 1.165) is 11.4 Å². The molecule has 3 rings (SSSR count). The fraction of sp³-hybridized carbons (Fsp3) is 0.150. The SMILES string of the molecule is COc1ccc(Nc2nc(COC(=O)COc3ccccc3C(N)=O)cs2)cc1. The van der Waals surface area contributed by atoms with Crippen molar-refractivity contribution in [1.29, 1.82) is 0 Å². The average Bonchev–Trinajstić information content (AvgIpc) is 3.18. The van der Waals surface area contributed by atoms with Crippen LogP contribution in [0.2, 0.25) is 0 Å². The number of carbonyl (C=O) groups is 2. The second kappa shape index (κ2) is 9.56. The first-order chi connectivity index (χ1) is 14.0. The number of hydrogen-bond donors (Lipinski definition) is 2. The minimum Gasteiger partial charge on any atom is -0.497 e. The highest BCUT2D eigenvalue weighted by Gasteiger charge is 2.12. The van der Waals surface area contributed by atoms with Gasteiger partial charge in [0.25, 0.3) is 5.91 Å². The molecular weight excluding hydrogens is 394 g/mol. The largest absolute Gasteiger partial charge is 0.497 e. The molecule has 29 heavy (non-hydrogen) atoms. The van der Waals surface area contributed by atoms with Crippen LogP contribution in [0.4, 0.5) is 10.8 Å². The van der Waals surface area contributed by atoms with Crippen molar-refractivity contribution in [2.75, 3.05) is 19.0 Å². The van der Waals surface area contributed by atoms with E-state index in [2.05, 4.69) is 10.3 Å². The fourth-order valence-electron chi connectivity index (χ4n) is 2.36. The first-order valence-corrected chi connectivity index (χ1v) is 9.46. The lowest BCUT2D eigenvalue weighted by molar-refractivity contribution is -0.147. The zero-order valence-electron chi connectivity index (χ0n) is 15.6. The maximum absolute atomic E-state index is 11.9. The Labute approximate surface area is 171 Å². The smallest absolute Gasteiger partial charge is 0.344 e. The van der Waals surface area contributed by atoms with E-state index >= 15 is 0 Å². The third kappa shape index (κ3) is 5.69. The standard InChI is InChI=1S/C20H19N3O5S/c1-26-15-8-6-13(7-9-15)22-20-23-14(12-29-20)10-28-18(24)11-27-17-5-3-2-4-16(17)19(21)25/h2-9,12H,10-11H2,1H3,(H2,21,25)(H,22,23). The molecule has 0 bridgehead atoms. The number of carbonyl (C=O) groups excluding carboxylic acids is 2. The van der Waals surface area contributed by atoms with Crippen molar-refractivity contribution in [3.8, 4) is 11.5 Å². The van der Waals surface area contributed by atoms with E-state index in [-0.39, 0.29) is 24.5 Å². The summed E-state index contributed by atoms with van der Waals surface area (Å²) < 4.78 is 15.6. The van der Waals surface area contributed by atoms with Crippen molar-refractivity contribution in [2.45, 2.75) is 6.61 Å². The number of anilines is 2. The van der Waals surface area contributed by atoms with E-state index in [1.165, 1.54) is 17.4 Å². The van der Waals surface area contributed by atoms with Gasteiger partial charge in [0.1, 0.15) is 18.1 Å². The number of benzene rings is 2. The molecule has 3 aromatic rings. The predicted molar refractivity (Wildman–Crippen MR) is 109 cm³/mol. The number of rotatable bonds is 9. The lowest BCUT2D eigenvalue weighted by atomic mass is 10.2. The van der Waals surface area contributed by atoms with Crippen LogP contribution < -0.4 is 20.5 Å². The van der Waals surface area contributed by atoms with Crippen LogP contribution in [0.3, 0.4) is 0 Å². The van der Waals surface area contributed by atoms with Gasteiger partial charge < -0.3 is 25.3 Å². The molecule has 9 heteroatoms. The number of nitrogens with zero attached hydrogens (tertiary/aromatic N) is 1. The van der Waals surface area contributed by atoms with Crippen LogP contribution in [-0.4, -0.2) is 30.6 Å². The molecule has 0 aliphatic rings. The molecule has 1 heterocycles. The van der Waals surface area contributed by atoms with Crippen LogP contribution in [0.15, 0.2) is 53.9 Å².